The number of benzene rings is 1. The third-order valence-corrected chi connectivity index (χ3v) is 3.10. The van der Waals surface area contributed by atoms with E-state index in [4.69, 9.17) is 16.3 Å². The van der Waals surface area contributed by atoms with Crippen LogP contribution in [-0.4, -0.2) is 38.4 Å². The van der Waals surface area contributed by atoms with E-state index in [0.29, 0.717) is 5.75 Å². The molecule has 0 amide bonds. The fourth-order valence-corrected chi connectivity index (χ4v) is 2.09. The molecule has 2 N–H and O–H groups in total. The maximum Gasteiger partial charge on any atom is 0.161 e. The Balaban J connectivity index is 2.30. The Morgan fingerprint density at radius 1 is 1.38 bits per heavy atom. The number of piperazine rings is 1. The summed E-state index contributed by atoms with van der Waals surface area (Å²) in [6.07, 6.45) is 0. The monoisotopic (exact) mass is 242 g/mol. The van der Waals surface area contributed by atoms with Crippen molar-refractivity contribution in [3.8, 4) is 11.5 Å². The number of rotatable bonds is 2. The van der Waals surface area contributed by atoms with Crippen LogP contribution in [-0.2, 0) is 0 Å². The van der Waals surface area contributed by atoms with Crippen molar-refractivity contribution in [3.05, 3.63) is 17.2 Å². The van der Waals surface area contributed by atoms with E-state index in [2.05, 4.69) is 10.2 Å². The first-order valence-electron chi connectivity index (χ1n) is 5.25. The zero-order chi connectivity index (χ0) is 11.5. The van der Waals surface area contributed by atoms with Crippen molar-refractivity contribution < 1.29 is 9.84 Å². The number of phenols is 1. The molecule has 0 spiro atoms. The number of anilines is 1. The summed E-state index contributed by atoms with van der Waals surface area (Å²) in [5.41, 5.74) is 0.771. The summed E-state index contributed by atoms with van der Waals surface area (Å²) in [6, 6.07) is 3.62. The second kappa shape index (κ2) is 4.80. The van der Waals surface area contributed by atoms with E-state index in [0.717, 1.165) is 31.9 Å². The number of ether oxygens (including phenoxy) is 1. The molecule has 0 unspecified atom stereocenters. The van der Waals surface area contributed by atoms with Crippen molar-refractivity contribution in [2.45, 2.75) is 0 Å². The van der Waals surface area contributed by atoms with Crippen molar-refractivity contribution >= 4 is 17.3 Å². The number of phenolic OH excluding ortho intramolecular Hbond substituents is 1. The summed E-state index contributed by atoms with van der Waals surface area (Å²) in [4.78, 5) is 2.11. The quantitative estimate of drug-likeness (QED) is 0.824. The molecule has 1 aliphatic heterocycles. The van der Waals surface area contributed by atoms with Crippen molar-refractivity contribution in [2.75, 3.05) is 38.2 Å². The van der Waals surface area contributed by atoms with Crippen LogP contribution in [0.4, 0.5) is 5.69 Å². The molecule has 0 aromatic heterocycles. The van der Waals surface area contributed by atoms with Crippen molar-refractivity contribution in [2.24, 2.45) is 0 Å². The molecule has 88 valence electrons. The Morgan fingerprint density at radius 3 is 2.69 bits per heavy atom. The van der Waals surface area contributed by atoms with Crippen LogP contribution in [0.2, 0.25) is 5.02 Å². The molecule has 0 saturated carbocycles. The normalized spacial score (nSPS) is 16.2. The first-order valence-corrected chi connectivity index (χ1v) is 5.63. The maximum atomic E-state index is 9.99. The van der Waals surface area contributed by atoms with Gasteiger partial charge in [0.2, 0.25) is 0 Å². The summed E-state index contributed by atoms with van der Waals surface area (Å²) in [7, 11) is 1.53. The Labute approximate surface area is 99.8 Å². The lowest BCUT2D eigenvalue weighted by Gasteiger charge is -2.30. The smallest absolute Gasteiger partial charge is 0.161 e. The van der Waals surface area contributed by atoms with E-state index in [1.165, 1.54) is 7.11 Å². The van der Waals surface area contributed by atoms with Crippen LogP contribution in [0.5, 0.6) is 11.5 Å². The Morgan fingerprint density at radius 2 is 2.06 bits per heavy atom. The van der Waals surface area contributed by atoms with Gasteiger partial charge < -0.3 is 20.1 Å². The molecule has 4 nitrogen and oxygen atoms in total. The molecule has 1 aliphatic rings. The number of nitrogens with one attached hydrogen (secondary N) is 1. The summed E-state index contributed by atoms with van der Waals surface area (Å²) in [6.45, 7) is 3.58. The minimum Gasteiger partial charge on any atom is -0.504 e. The van der Waals surface area contributed by atoms with E-state index in [9.17, 15) is 5.11 Å². The highest BCUT2D eigenvalue weighted by Gasteiger charge is 2.18. The lowest BCUT2D eigenvalue weighted by Crippen LogP contribution is -2.43. The minimum absolute atomic E-state index is 0.0999. The largest absolute Gasteiger partial charge is 0.504 e. The van der Waals surface area contributed by atoms with Crippen LogP contribution in [0.1, 0.15) is 0 Å². The lowest BCUT2D eigenvalue weighted by atomic mass is 10.2. The Kier molecular flexibility index (Phi) is 3.41. The number of hydrogen-bond acceptors (Lipinski definition) is 4. The zero-order valence-corrected chi connectivity index (χ0v) is 9.92. The summed E-state index contributed by atoms with van der Waals surface area (Å²) in [5, 5.41) is 13.5. The van der Waals surface area contributed by atoms with Gasteiger partial charge in [-0.25, -0.2) is 0 Å². The van der Waals surface area contributed by atoms with Gasteiger partial charge in [0.25, 0.3) is 0 Å². The molecule has 0 bridgehead atoms. The van der Waals surface area contributed by atoms with E-state index in [1.807, 2.05) is 6.07 Å². The topological polar surface area (TPSA) is 44.7 Å². The third-order valence-electron chi connectivity index (χ3n) is 2.74. The van der Waals surface area contributed by atoms with Gasteiger partial charge in [-0.1, -0.05) is 11.6 Å². The molecule has 16 heavy (non-hydrogen) atoms. The van der Waals surface area contributed by atoms with Gasteiger partial charge in [-0.2, -0.15) is 0 Å². The van der Waals surface area contributed by atoms with Crippen LogP contribution in [0.25, 0.3) is 0 Å². The molecular weight excluding hydrogens is 228 g/mol. The van der Waals surface area contributed by atoms with Gasteiger partial charge in [-0.05, 0) is 12.1 Å². The highest BCUT2D eigenvalue weighted by atomic mass is 35.5. The molecule has 0 atom stereocenters. The molecule has 0 radical (unpaired) electrons. The lowest BCUT2D eigenvalue weighted by molar-refractivity contribution is 0.407. The molecule has 0 aliphatic carbocycles. The van der Waals surface area contributed by atoms with Crippen LogP contribution < -0.4 is 15.0 Å². The van der Waals surface area contributed by atoms with Gasteiger partial charge in [0.1, 0.15) is 10.8 Å². The van der Waals surface area contributed by atoms with Gasteiger partial charge >= 0.3 is 0 Å². The predicted octanol–water partition coefficient (Wildman–Crippen LogP) is 1.46. The summed E-state index contributed by atoms with van der Waals surface area (Å²) in [5.74, 6) is 0.598. The van der Waals surface area contributed by atoms with Crippen LogP contribution in [0, 0.1) is 0 Å². The first kappa shape index (κ1) is 11.4. The molecule has 1 aromatic rings. The minimum atomic E-state index is 0.0999. The number of nitrogens with zero attached hydrogens (tertiary/aromatic N) is 1. The van der Waals surface area contributed by atoms with E-state index in [-0.39, 0.29) is 10.8 Å². The molecular formula is C11H15ClN2O2. The molecule has 1 heterocycles. The van der Waals surface area contributed by atoms with E-state index < -0.39 is 0 Å². The Bertz CT molecular complexity index is 378. The molecule has 5 heteroatoms. The fraction of sp³-hybridized carbons (Fsp3) is 0.455. The average molecular weight is 243 g/mol. The number of hydrogen-bond donors (Lipinski definition) is 2. The van der Waals surface area contributed by atoms with Crippen molar-refractivity contribution in [1.29, 1.82) is 0 Å². The Hall–Kier alpha value is -1.13. The molecule has 1 fully saturated rings. The van der Waals surface area contributed by atoms with Gasteiger partial charge in [0.05, 0.1) is 12.8 Å². The molecule has 1 aromatic carbocycles. The summed E-state index contributed by atoms with van der Waals surface area (Å²) < 4.78 is 5.05. The average Bonchev–Trinajstić information content (AvgIpc) is 2.34. The van der Waals surface area contributed by atoms with Crippen molar-refractivity contribution in [1.82, 2.24) is 5.32 Å². The number of methoxy groups -OCH3 is 1. The predicted molar refractivity (Wildman–Crippen MR) is 64.8 cm³/mol. The van der Waals surface area contributed by atoms with Gasteiger partial charge in [-0.3, -0.25) is 0 Å². The van der Waals surface area contributed by atoms with Gasteiger partial charge in [0.15, 0.2) is 5.75 Å². The van der Waals surface area contributed by atoms with Crippen molar-refractivity contribution in [3.63, 3.8) is 0 Å². The third kappa shape index (κ3) is 2.03. The zero-order valence-electron chi connectivity index (χ0n) is 9.16. The number of aromatic hydroxyl groups is 1. The van der Waals surface area contributed by atoms with Gasteiger partial charge in [0, 0.05) is 26.2 Å². The standard InChI is InChI=1S/C11H15ClN2O2/c1-16-9-3-2-8(11(15)10(9)12)14-6-4-13-5-7-14/h2-3,13,15H,4-7H2,1H3. The maximum absolute atomic E-state index is 9.99. The second-order valence-electron chi connectivity index (χ2n) is 3.69. The van der Waals surface area contributed by atoms with Crippen LogP contribution >= 0.6 is 11.6 Å². The molecule has 2 rings (SSSR count). The SMILES string of the molecule is COc1ccc(N2CCNCC2)c(O)c1Cl. The highest BCUT2D eigenvalue weighted by molar-refractivity contribution is 6.34. The highest BCUT2D eigenvalue weighted by Crippen LogP contribution is 2.40. The van der Waals surface area contributed by atoms with Crippen LogP contribution in [0.15, 0.2) is 12.1 Å². The van der Waals surface area contributed by atoms with E-state index in [1.54, 1.807) is 6.07 Å². The van der Waals surface area contributed by atoms with Gasteiger partial charge in [-0.15, -0.1) is 0 Å². The summed E-state index contributed by atoms with van der Waals surface area (Å²) >= 11 is 6.00. The number of halogens is 1. The van der Waals surface area contributed by atoms with E-state index >= 15 is 0 Å². The fourth-order valence-electron chi connectivity index (χ4n) is 1.85. The second-order valence-corrected chi connectivity index (χ2v) is 4.06. The van der Waals surface area contributed by atoms with Crippen LogP contribution in [0.3, 0.4) is 0 Å². The first-order chi connectivity index (χ1) is 7.74. The molecule has 1 saturated heterocycles.